The third kappa shape index (κ3) is 12.0. The Kier molecular flexibility index (Phi) is 12.7. The summed E-state index contributed by atoms with van der Waals surface area (Å²) in [4.78, 5) is 81.5. The van der Waals surface area contributed by atoms with Crippen molar-refractivity contribution in [3.8, 4) is 0 Å². The Morgan fingerprint density at radius 3 is 1.58 bits per heavy atom. The van der Waals surface area contributed by atoms with Crippen molar-refractivity contribution in [1.29, 1.82) is 0 Å². The standard InChI is InChI=1S/C17H29N7O9/c18-7(1-3-11(19)26)14(29)23-9(5-13(21)28)16(31)22-8(2-4-12(20)27)15(30)24-10(6-25)17(32)33/h7-10,25H,1-6,18H2,(H2,19,26)(H2,20,27)(H2,21,28)(H,22,31)(H,23,29)(H,24,30)(H,32,33). The maximum Gasteiger partial charge on any atom is 0.328 e. The van der Waals surface area contributed by atoms with Gasteiger partial charge in [-0.3, -0.25) is 28.8 Å². The van der Waals surface area contributed by atoms with Gasteiger partial charge in [0.15, 0.2) is 0 Å². The molecule has 0 aromatic carbocycles. The maximum atomic E-state index is 12.6. The molecule has 0 fully saturated rings. The van der Waals surface area contributed by atoms with Gasteiger partial charge in [-0.1, -0.05) is 0 Å². The summed E-state index contributed by atoms with van der Waals surface area (Å²) in [5.74, 6) is -7.17. The van der Waals surface area contributed by atoms with Crippen molar-refractivity contribution >= 4 is 41.4 Å². The van der Waals surface area contributed by atoms with Gasteiger partial charge < -0.3 is 49.1 Å². The topological polar surface area (TPSA) is 300 Å². The van der Waals surface area contributed by atoms with Crippen molar-refractivity contribution < 1.29 is 43.8 Å². The SMILES string of the molecule is NC(=O)CCC(N)C(=O)NC(CC(N)=O)C(=O)NC(CCC(N)=O)C(=O)NC(CO)C(=O)O. The van der Waals surface area contributed by atoms with Gasteiger partial charge in [0, 0.05) is 12.8 Å². The highest BCUT2D eigenvalue weighted by molar-refractivity contribution is 5.96. The molecule has 186 valence electrons. The quantitative estimate of drug-likeness (QED) is 0.102. The summed E-state index contributed by atoms with van der Waals surface area (Å²) in [5, 5.41) is 24.3. The molecule has 13 N–H and O–H groups in total. The van der Waals surface area contributed by atoms with E-state index in [0.29, 0.717) is 0 Å². The highest BCUT2D eigenvalue weighted by Gasteiger charge is 2.31. The van der Waals surface area contributed by atoms with Gasteiger partial charge in [0.2, 0.25) is 35.4 Å². The third-order valence-electron chi connectivity index (χ3n) is 4.19. The minimum absolute atomic E-state index is 0.145. The molecular weight excluding hydrogens is 446 g/mol. The molecule has 0 saturated heterocycles. The number of rotatable bonds is 16. The number of primary amides is 3. The third-order valence-corrected chi connectivity index (χ3v) is 4.19. The first kappa shape index (κ1) is 29.2. The molecule has 0 aromatic heterocycles. The average molecular weight is 475 g/mol. The van der Waals surface area contributed by atoms with Crippen LogP contribution in [-0.2, 0) is 33.6 Å². The van der Waals surface area contributed by atoms with Gasteiger partial charge in [0.1, 0.15) is 18.1 Å². The minimum Gasteiger partial charge on any atom is -0.480 e. The van der Waals surface area contributed by atoms with E-state index in [2.05, 4.69) is 10.6 Å². The van der Waals surface area contributed by atoms with Gasteiger partial charge in [-0.25, -0.2) is 4.79 Å². The van der Waals surface area contributed by atoms with E-state index in [4.69, 9.17) is 33.1 Å². The van der Waals surface area contributed by atoms with Crippen LogP contribution in [0.25, 0.3) is 0 Å². The van der Waals surface area contributed by atoms with Crippen LogP contribution in [0.5, 0.6) is 0 Å². The lowest BCUT2D eigenvalue weighted by atomic mass is 10.1. The first-order valence-corrected chi connectivity index (χ1v) is 9.63. The summed E-state index contributed by atoms with van der Waals surface area (Å²) >= 11 is 0. The summed E-state index contributed by atoms with van der Waals surface area (Å²) in [6, 6.07) is -6.06. The zero-order valence-electron chi connectivity index (χ0n) is 17.6. The molecule has 0 aliphatic heterocycles. The first-order chi connectivity index (χ1) is 15.3. The number of carboxylic acid groups (broad SMARTS) is 1. The fraction of sp³-hybridized carbons (Fsp3) is 0.588. The Bertz CT molecular complexity index is 774. The number of hydrogen-bond donors (Lipinski definition) is 9. The number of nitrogens with one attached hydrogen (secondary N) is 3. The van der Waals surface area contributed by atoms with Crippen LogP contribution >= 0.6 is 0 Å². The molecule has 4 atom stereocenters. The summed E-state index contributed by atoms with van der Waals surface area (Å²) in [7, 11) is 0. The Morgan fingerprint density at radius 1 is 0.667 bits per heavy atom. The van der Waals surface area contributed by atoms with Crippen LogP contribution in [-0.4, -0.2) is 82.4 Å². The van der Waals surface area contributed by atoms with Crippen molar-refractivity contribution in [2.75, 3.05) is 6.61 Å². The minimum atomic E-state index is -1.70. The van der Waals surface area contributed by atoms with Gasteiger partial charge in [-0.15, -0.1) is 0 Å². The van der Waals surface area contributed by atoms with Gasteiger partial charge in [0.05, 0.1) is 19.1 Å². The Balaban J connectivity index is 5.47. The second-order valence-corrected chi connectivity index (χ2v) is 6.99. The molecule has 33 heavy (non-hydrogen) atoms. The number of nitrogens with two attached hydrogens (primary N) is 4. The molecule has 0 heterocycles. The normalized spacial score (nSPS) is 14.1. The van der Waals surface area contributed by atoms with E-state index in [-0.39, 0.29) is 25.7 Å². The van der Waals surface area contributed by atoms with Crippen molar-refractivity contribution in [3.63, 3.8) is 0 Å². The summed E-state index contributed by atoms with van der Waals surface area (Å²) in [5.41, 5.74) is 20.7. The Morgan fingerprint density at radius 2 is 1.12 bits per heavy atom. The second-order valence-electron chi connectivity index (χ2n) is 6.99. The van der Waals surface area contributed by atoms with Crippen LogP contribution in [0.4, 0.5) is 0 Å². The fourth-order valence-corrected chi connectivity index (χ4v) is 2.40. The van der Waals surface area contributed by atoms with Crippen LogP contribution < -0.4 is 38.9 Å². The largest absolute Gasteiger partial charge is 0.480 e. The van der Waals surface area contributed by atoms with Crippen LogP contribution in [0.15, 0.2) is 0 Å². The number of hydrogen-bond acceptors (Lipinski definition) is 9. The van der Waals surface area contributed by atoms with E-state index in [1.165, 1.54) is 0 Å². The monoisotopic (exact) mass is 475 g/mol. The van der Waals surface area contributed by atoms with Crippen LogP contribution in [0.2, 0.25) is 0 Å². The molecule has 0 aliphatic carbocycles. The molecule has 16 heteroatoms. The lowest BCUT2D eigenvalue weighted by Crippen LogP contribution is -2.58. The molecule has 6 amide bonds. The van der Waals surface area contributed by atoms with E-state index < -0.39 is 78.6 Å². The number of amides is 6. The number of aliphatic carboxylic acids is 1. The lowest BCUT2D eigenvalue weighted by molar-refractivity contribution is -0.143. The predicted octanol–water partition coefficient (Wildman–Crippen LogP) is -5.75. The van der Waals surface area contributed by atoms with Crippen molar-refractivity contribution in [1.82, 2.24) is 16.0 Å². The fourth-order valence-electron chi connectivity index (χ4n) is 2.40. The average Bonchev–Trinajstić information content (AvgIpc) is 2.71. The van der Waals surface area contributed by atoms with Crippen LogP contribution in [0.3, 0.4) is 0 Å². The van der Waals surface area contributed by atoms with Gasteiger partial charge in [-0.2, -0.15) is 0 Å². The van der Waals surface area contributed by atoms with Gasteiger partial charge >= 0.3 is 5.97 Å². The highest BCUT2D eigenvalue weighted by atomic mass is 16.4. The van der Waals surface area contributed by atoms with E-state index in [1.54, 1.807) is 0 Å². The first-order valence-electron chi connectivity index (χ1n) is 9.63. The molecule has 0 saturated carbocycles. The number of aliphatic hydroxyl groups excluding tert-OH is 1. The van der Waals surface area contributed by atoms with E-state index >= 15 is 0 Å². The number of carbonyl (C=O) groups is 7. The Hall–Kier alpha value is -3.79. The second kappa shape index (κ2) is 14.3. The summed E-state index contributed by atoms with van der Waals surface area (Å²) < 4.78 is 0. The summed E-state index contributed by atoms with van der Waals surface area (Å²) in [6.45, 7) is -0.957. The van der Waals surface area contributed by atoms with E-state index in [0.717, 1.165) is 0 Å². The molecular formula is C17H29N7O9. The predicted molar refractivity (Wildman–Crippen MR) is 109 cm³/mol. The number of carbonyl (C=O) groups excluding carboxylic acids is 6. The molecule has 0 rings (SSSR count). The molecule has 0 spiro atoms. The van der Waals surface area contributed by atoms with Gasteiger partial charge in [-0.05, 0) is 12.8 Å². The van der Waals surface area contributed by atoms with Crippen molar-refractivity contribution in [2.24, 2.45) is 22.9 Å². The molecule has 4 unspecified atom stereocenters. The molecule has 0 radical (unpaired) electrons. The Labute approximate surface area is 187 Å². The molecule has 0 aromatic rings. The van der Waals surface area contributed by atoms with E-state index in [9.17, 15) is 33.6 Å². The number of aliphatic hydroxyl groups is 1. The van der Waals surface area contributed by atoms with Gasteiger partial charge in [0.25, 0.3) is 0 Å². The highest BCUT2D eigenvalue weighted by Crippen LogP contribution is 2.03. The molecule has 0 bridgehead atoms. The van der Waals surface area contributed by atoms with Crippen LogP contribution in [0, 0.1) is 0 Å². The maximum absolute atomic E-state index is 12.6. The zero-order valence-corrected chi connectivity index (χ0v) is 17.6. The molecule has 16 nitrogen and oxygen atoms in total. The van der Waals surface area contributed by atoms with E-state index in [1.807, 2.05) is 5.32 Å². The van der Waals surface area contributed by atoms with Crippen LogP contribution in [0.1, 0.15) is 32.1 Å². The number of carboxylic acids is 1. The van der Waals surface area contributed by atoms with Crippen molar-refractivity contribution in [2.45, 2.75) is 56.3 Å². The van der Waals surface area contributed by atoms with Crippen molar-refractivity contribution in [3.05, 3.63) is 0 Å². The zero-order chi connectivity index (χ0) is 25.7. The lowest BCUT2D eigenvalue weighted by Gasteiger charge is -2.24. The summed E-state index contributed by atoms with van der Waals surface area (Å²) in [6.07, 6.45) is -1.81. The molecule has 0 aliphatic rings. The smallest absolute Gasteiger partial charge is 0.328 e.